The fraction of sp³-hybridized carbons (Fsp3) is 0.188. The number of benzene rings is 1. The summed E-state index contributed by atoms with van der Waals surface area (Å²) >= 11 is 0. The minimum atomic E-state index is -1.54. The molecule has 9 heteroatoms. The molecule has 9 nitrogen and oxygen atoms in total. The van der Waals surface area contributed by atoms with E-state index in [1.807, 2.05) is 11.1 Å². The molecule has 0 saturated carbocycles. The van der Waals surface area contributed by atoms with E-state index >= 15 is 0 Å². The van der Waals surface area contributed by atoms with Crippen molar-refractivity contribution in [1.29, 1.82) is 5.26 Å². The zero-order valence-electron chi connectivity index (χ0n) is 13.1. The van der Waals surface area contributed by atoms with Gasteiger partial charge in [0.1, 0.15) is 5.56 Å². The van der Waals surface area contributed by atoms with E-state index in [1.165, 1.54) is 7.05 Å². The lowest BCUT2D eigenvalue weighted by atomic mass is 9.85. The highest BCUT2D eigenvalue weighted by Crippen LogP contribution is 2.40. The van der Waals surface area contributed by atoms with Crippen LogP contribution in [0.15, 0.2) is 38.8 Å². The van der Waals surface area contributed by atoms with Crippen molar-refractivity contribution in [3.8, 4) is 11.9 Å². The number of rotatable bonds is 3. The number of nitrogens with zero attached hydrogens (tertiary/aromatic N) is 2. The number of likely N-dealkylation sites (N-methyl/N-ethyl adjacent to an activating group) is 1. The molecule has 1 unspecified atom stereocenters. The van der Waals surface area contributed by atoms with Crippen LogP contribution in [0.4, 0.5) is 0 Å². The Labute approximate surface area is 140 Å². The van der Waals surface area contributed by atoms with Crippen molar-refractivity contribution in [2.75, 3.05) is 7.05 Å². The Balaban J connectivity index is 2.38. The van der Waals surface area contributed by atoms with Crippen molar-refractivity contribution in [1.82, 2.24) is 15.3 Å². The third kappa shape index (κ3) is 2.31. The molecule has 4 N–H and O–H groups in total. The largest absolute Gasteiger partial charge is 0.494 e. The summed E-state index contributed by atoms with van der Waals surface area (Å²) in [5, 5.41) is 21.7. The molecule has 0 bridgehead atoms. The van der Waals surface area contributed by atoms with Crippen molar-refractivity contribution < 1.29 is 9.90 Å². The first-order valence-electron chi connectivity index (χ1n) is 7.29. The number of fused-ring (bicyclic) bond motifs is 1. The van der Waals surface area contributed by atoms with Gasteiger partial charge in [-0.25, -0.2) is 4.79 Å². The number of hydrogen-bond donors (Lipinski definition) is 4. The quantitative estimate of drug-likeness (QED) is 0.593. The normalized spacial score (nSPS) is 18.2. The van der Waals surface area contributed by atoms with E-state index in [9.17, 15) is 24.8 Å². The predicted molar refractivity (Wildman–Crippen MR) is 87.4 cm³/mol. The molecule has 0 spiro atoms. The Bertz CT molecular complexity index is 1060. The molecular weight excluding hydrogens is 326 g/mol. The molecule has 2 heterocycles. The van der Waals surface area contributed by atoms with Crippen molar-refractivity contribution in [3.63, 3.8) is 0 Å². The van der Waals surface area contributed by atoms with Crippen molar-refractivity contribution >= 4 is 11.6 Å². The summed E-state index contributed by atoms with van der Waals surface area (Å²) in [6.45, 7) is 0. The van der Waals surface area contributed by atoms with Crippen LogP contribution >= 0.6 is 0 Å². The lowest BCUT2D eigenvalue weighted by molar-refractivity contribution is -0.125. The highest BCUT2D eigenvalue weighted by Gasteiger charge is 2.47. The average Bonchev–Trinajstić information content (AvgIpc) is 2.89. The van der Waals surface area contributed by atoms with Gasteiger partial charge >= 0.3 is 5.69 Å². The van der Waals surface area contributed by atoms with Gasteiger partial charge in [0, 0.05) is 12.6 Å². The van der Waals surface area contributed by atoms with Crippen LogP contribution in [0.25, 0.3) is 0 Å². The van der Waals surface area contributed by atoms with E-state index in [0.717, 1.165) is 0 Å². The predicted octanol–water partition coefficient (Wildman–Crippen LogP) is -0.525. The maximum atomic E-state index is 12.5. The van der Waals surface area contributed by atoms with E-state index in [0.29, 0.717) is 11.1 Å². The number of hydrogen-bond acceptors (Lipinski definition) is 6. The first kappa shape index (κ1) is 16.2. The molecule has 0 fully saturated rings. The van der Waals surface area contributed by atoms with Gasteiger partial charge in [-0.2, -0.15) is 5.26 Å². The number of carbonyl (C=O) groups excluding carboxylic acids is 1. The summed E-state index contributed by atoms with van der Waals surface area (Å²) in [6.07, 6.45) is -0.255. The number of aromatic nitrogens is 2. The van der Waals surface area contributed by atoms with Crippen molar-refractivity contribution in [2.24, 2.45) is 4.99 Å². The van der Waals surface area contributed by atoms with Gasteiger partial charge in [-0.15, -0.1) is 0 Å². The summed E-state index contributed by atoms with van der Waals surface area (Å²) in [4.78, 5) is 44.4. The number of nitrogens with one attached hydrogen (secondary N) is 3. The Hall–Kier alpha value is -3.67. The standard InChI is InChI=1S/C16H13N5O4/c1-18-14(24)16(6-7-17)9-5-3-2-4-8(9)11(21-16)10-12(22)19-15(25)20-13(10)23/h2-5H,6H2,1H3,(H,18,24)(H3,19,20,22,23,25). The summed E-state index contributed by atoms with van der Waals surface area (Å²) < 4.78 is 0. The molecule has 1 aromatic heterocycles. The van der Waals surface area contributed by atoms with Gasteiger partial charge in [-0.05, 0) is 5.56 Å². The number of amides is 1. The van der Waals surface area contributed by atoms with Crippen LogP contribution in [-0.4, -0.2) is 33.7 Å². The number of carbonyl (C=O) groups is 1. The SMILES string of the molecule is CNC(=O)C1(CC#N)N=C(c2c(O)[nH]c(=O)[nH]c2=O)c2ccccc21. The molecule has 1 aliphatic rings. The summed E-state index contributed by atoms with van der Waals surface area (Å²) in [6, 6.07) is 8.56. The Morgan fingerprint density at radius 2 is 2.08 bits per heavy atom. The molecule has 3 rings (SSSR count). The van der Waals surface area contributed by atoms with Crippen LogP contribution in [0.1, 0.15) is 23.1 Å². The summed E-state index contributed by atoms with van der Waals surface area (Å²) in [5.41, 5.74) is -2.62. The zero-order chi connectivity index (χ0) is 18.2. The number of aromatic amines is 2. The topological polar surface area (TPSA) is 151 Å². The van der Waals surface area contributed by atoms with Gasteiger partial charge in [0.05, 0.1) is 18.2 Å². The monoisotopic (exact) mass is 339 g/mol. The number of aromatic hydroxyl groups is 1. The summed E-state index contributed by atoms with van der Waals surface area (Å²) in [5.74, 6) is -1.18. The molecule has 126 valence electrons. The minimum absolute atomic E-state index is 0.0319. The fourth-order valence-electron chi connectivity index (χ4n) is 2.96. The third-order valence-electron chi connectivity index (χ3n) is 4.03. The molecule has 0 saturated heterocycles. The lowest BCUT2D eigenvalue weighted by Crippen LogP contribution is -2.40. The highest BCUT2D eigenvalue weighted by molar-refractivity contribution is 6.19. The molecule has 25 heavy (non-hydrogen) atoms. The highest BCUT2D eigenvalue weighted by atomic mass is 16.3. The van der Waals surface area contributed by atoms with Crippen LogP contribution in [0.2, 0.25) is 0 Å². The smallest absolute Gasteiger partial charge is 0.328 e. The first-order chi connectivity index (χ1) is 11.9. The van der Waals surface area contributed by atoms with Crippen molar-refractivity contribution in [2.45, 2.75) is 12.0 Å². The zero-order valence-corrected chi connectivity index (χ0v) is 13.1. The lowest BCUT2D eigenvalue weighted by Gasteiger charge is -2.22. The first-order valence-corrected chi connectivity index (χ1v) is 7.29. The van der Waals surface area contributed by atoms with Crippen LogP contribution in [0.5, 0.6) is 5.88 Å². The van der Waals surface area contributed by atoms with Gasteiger partial charge in [-0.1, -0.05) is 24.3 Å². The van der Waals surface area contributed by atoms with Crippen LogP contribution in [0.3, 0.4) is 0 Å². The molecule has 1 aliphatic heterocycles. The number of H-pyrrole nitrogens is 2. The molecule has 0 radical (unpaired) electrons. The maximum Gasteiger partial charge on any atom is 0.328 e. The van der Waals surface area contributed by atoms with E-state index < -0.39 is 28.6 Å². The van der Waals surface area contributed by atoms with E-state index in [1.54, 1.807) is 24.3 Å². The second-order valence-corrected chi connectivity index (χ2v) is 5.41. The van der Waals surface area contributed by atoms with Crippen LogP contribution in [0, 0.1) is 11.3 Å². The van der Waals surface area contributed by atoms with Gasteiger partial charge in [0.2, 0.25) is 5.88 Å². The molecule has 0 aliphatic carbocycles. The summed E-state index contributed by atoms with van der Waals surface area (Å²) in [7, 11) is 1.42. The second-order valence-electron chi connectivity index (χ2n) is 5.41. The minimum Gasteiger partial charge on any atom is -0.494 e. The Morgan fingerprint density at radius 3 is 2.72 bits per heavy atom. The number of aliphatic imine (C=N–C) groups is 1. The van der Waals surface area contributed by atoms with E-state index in [-0.39, 0.29) is 17.7 Å². The average molecular weight is 339 g/mol. The molecular formula is C16H13N5O4. The molecule has 2 aromatic rings. The molecule has 1 amide bonds. The van der Waals surface area contributed by atoms with Gasteiger partial charge in [-0.3, -0.25) is 24.5 Å². The Morgan fingerprint density at radius 1 is 1.36 bits per heavy atom. The number of nitriles is 1. The van der Waals surface area contributed by atoms with Gasteiger partial charge in [0.25, 0.3) is 11.5 Å². The maximum absolute atomic E-state index is 12.5. The van der Waals surface area contributed by atoms with Gasteiger partial charge in [0.15, 0.2) is 5.54 Å². The van der Waals surface area contributed by atoms with Gasteiger partial charge < -0.3 is 10.4 Å². The Kier molecular flexibility index (Phi) is 3.73. The van der Waals surface area contributed by atoms with Crippen LogP contribution < -0.4 is 16.6 Å². The fourth-order valence-corrected chi connectivity index (χ4v) is 2.96. The molecule has 1 aromatic carbocycles. The van der Waals surface area contributed by atoms with Crippen molar-refractivity contribution in [3.05, 3.63) is 61.8 Å². The molecule has 1 atom stereocenters. The van der Waals surface area contributed by atoms with E-state index in [2.05, 4.69) is 15.3 Å². The second kappa shape index (κ2) is 5.76. The van der Waals surface area contributed by atoms with E-state index in [4.69, 9.17) is 0 Å². The third-order valence-corrected chi connectivity index (χ3v) is 4.03. The van der Waals surface area contributed by atoms with Crippen LogP contribution in [-0.2, 0) is 10.3 Å².